The van der Waals surface area contributed by atoms with E-state index in [1.165, 1.54) is 0 Å². The first-order valence-corrected chi connectivity index (χ1v) is 3.63. The molecule has 1 heterocycles. The number of ketones is 1. The first-order valence-electron chi connectivity index (χ1n) is 3.63. The van der Waals surface area contributed by atoms with Crippen molar-refractivity contribution in [3.05, 3.63) is 29.8 Å². The van der Waals surface area contributed by atoms with Crippen molar-refractivity contribution in [3.8, 4) is 5.75 Å². The smallest absolute Gasteiger partial charge is 0.169 e. The zero-order valence-corrected chi connectivity index (χ0v) is 11.2. The van der Waals surface area contributed by atoms with Crippen LogP contribution >= 0.6 is 13.5 Å². The van der Waals surface area contributed by atoms with E-state index >= 15 is 0 Å². The van der Waals surface area contributed by atoms with Crippen molar-refractivity contribution >= 4 is 19.3 Å². The fourth-order valence-electron chi connectivity index (χ4n) is 1.21. The molecule has 0 saturated heterocycles. The maximum Gasteiger partial charge on any atom is 0.169 e. The van der Waals surface area contributed by atoms with Gasteiger partial charge in [0.15, 0.2) is 5.78 Å². The Balaban J connectivity index is 0.000000720. The van der Waals surface area contributed by atoms with Crippen molar-refractivity contribution in [2.24, 2.45) is 0 Å². The van der Waals surface area contributed by atoms with Crippen LogP contribution in [-0.4, -0.2) is 12.4 Å². The van der Waals surface area contributed by atoms with Crippen LogP contribution < -0.4 is 4.74 Å². The van der Waals surface area contributed by atoms with Gasteiger partial charge in [-0.3, -0.25) is 4.79 Å². The summed E-state index contributed by atoms with van der Waals surface area (Å²) in [5.74, 6) is 0.913. The second-order valence-corrected chi connectivity index (χ2v) is 2.52. The number of rotatable bonds is 0. The molecule has 0 aliphatic carbocycles. The summed E-state index contributed by atoms with van der Waals surface area (Å²) in [6.45, 7) is 0.524. The average Bonchev–Trinajstić information content (AvgIpc) is 2.06. The normalized spacial score (nSPS) is 13.1. The van der Waals surface area contributed by atoms with Crippen LogP contribution in [0.25, 0.3) is 0 Å². The Kier molecular flexibility index (Phi) is 6.20. The molecule has 4 heteroatoms. The number of carbonyl (C=O) groups excluding carboxylic acids is 1. The molecule has 2 rings (SSSR count). The third kappa shape index (κ3) is 2.94. The first-order chi connectivity index (χ1) is 5.38. The minimum Gasteiger partial charge on any atom is -0.492 e. The molecule has 1 aliphatic rings. The summed E-state index contributed by atoms with van der Waals surface area (Å²) in [6, 6.07) is 7.35. The third-order valence-corrected chi connectivity index (χ3v) is 1.77. The molecule has 1 aliphatic heterocycles. The van der Waals surface area contributed by atoms with Crippen molar-refractivity contribution in [2.45, 2.75) is 6.42 Å². The fraction of sp³-hybridized carbons (Fsp3) is 0.222. The van der Waals surface area contributed by atoms with E-state index in [1.807, 2.05) is 18.2 Å². The Bertz CT molecular complexity index is 301. The Hall–Kier alpha value is 0.417. The second-order valence-electron chi connectivity index (χ2n) is 2.52. The van der Waals surface area contributed by atoms with Gasteiger partial charge in [-0.2, -0.15) is 13.5 Å². The van der Waals surface area contributed by atoms with E-state index in [-0.39, 0.29) is 61.0 Å². The van der Waals surface area contributed by atoms with E-state index in [0.29, 0.717) is 13.0 Å². The molecule has 1 aromatic carbocycles. The Morgan fingerprint density at radius 1 is 1.23 bits per heavy atom. The van der Waals surface area contributed by atoms with Crippen LogP contribution in [-0.2, 0) is 0 Å². The van der Waals surface area contributed by atoms with Crippen molar-refractivity contribution in [2.75, 3.05) is 6.61 Å². The Morgan fingerprint density at radius 3 is 2.62 bits per heavy atom. The number of hydrogen-bond acceptors (Lipinski definition) is 2. The standard InChI is InChI=1S/C9H8O2.Ce.H2S/c10-8-5-6-11-9-4-2-1-3-7(8)9;;/h1-4H,5-6H2;;1H2. The first kappa shape index (κ1) is 13.4. The molecule has 68 valence electrons. The minimum absolute atomic E-state index is 0. The molecule has 13 heavy (non-hydrogen) atoms. The second kappa shape index (κ2) is 6.00. The van der Waals surface area contributed by atoms with E-state index in [4.69, 9.17) is 4.74 Å². The van der Waals surface area contributed by atoms with E-state index < -0.39 is 0 Å². The summed E-state index contributed by atoms with van der Waals surface area (Å²) >= 11 is 0. The van der Waals surface area contributed by atoms with Gasteiger partial charge in [-0.25, -0.2) is 0 Å². The van der Waals surface area contributed by atoms with Crippen LogP contribution in [0.3, 0.4) is 0 Å². The summed E-state index contributed by atoms with van der Waals surface area (Å²) in [4.78, 5) is 11.2. The van der Waals surface area contributed by atoms with Crippen molar-refractivity contribution < 1.29 is 51.3 Å². The number of ether oxygens (including phenoxy) is 1. The number of para-hydroxylation sites is 1. The fourth-order valence-corrected chi connectivity index (χ4v) is 1.21. The van der Waals surface area contributed by atoms with Crippen LogP contribution in [0.5, 0.6) is 5.75 Å². The zero-order valence-electron chi connectivity index (χ0n) is 7.04. The molecule has 1 aromatic rings. The van der Waals surface area contributed by atoms with Gasteiger partial charge in [0.1, 0.15) is 5.75 Å². The largest absolute Gasteiger partial charge is 0.492 e. The van der Waals surface area contributed by atoms with Crippen LogP contribution in [0, 0.1) is 41.7 Å². The quantitative estimate of drug-likeness (QED) is 0.728. The maximum atomic E-state index is 11.2. The maximum absolute atomic E-state index is 11.2. The summed E-state index contributed by atoms with van der Waals surface area (Å²) < 4.78 is 5.27. The molecule has 0 unspecified atom stereocenters. The predicted octanol–water partition coefficient (Wildman–Crippen LogP) is 1.76. The molecular weight excluding hydrogens is 312 g/mol. The van der Waals surface area contributed by atoms with Gasteiger partial charge >= 0.3 is 0 Å². The Labute approximate surface area is 118 Å². The van der Waals surface area contributed by atoms with Gasteiger partial charge in [0.25, 0.3) is 0 Å². The van der Waals surface area contributed by atoms with E-state index in [9.17, 15) is 4.79 Å². The molecule has 0 aromatic heterocycles. The van der Waals surface area contributed by atoms with Crippen LogP contribution in [0.1, 0.15) is 16.8 Å². The molecule has 0 bridgehead atoms. The van der Waals surface area contributed by atoms with Gasteiger partial charge in [-0.15, -0.1) is 0 Å². The minimum atomic E-state index is 0. The molecule has 0 amide bonds. The monoisotopic (exact) mass is 322 g/mol. The van der Waals surface area contributed by atoms with Gasteiger partial charge in [0, 0.05) is 48.2 Å². The van der Waals surface area contributed by atoms with Gasteiger partial charge < -0.3 is 4.74 Å². The molecular formula is C9H10CeO2S. The number of carbonyl (C=O) groups is 1. The summed E-state index contributed by atoms with van der Waals surface area (Å²) in [7, 11) is 0. The molecule has 0 radical (unpaired) electrons. The van der Waals surface area contributed by atoms with E-state index in [0.717, 1.165) is 11.3 Å². The predicted molar refractivity (Wildman–Crippen MR) is 51.3 cm³/mol. The summed E-state index contributed by atoms with van der Waals surface area (Å²) in [5, 5.41) is 0. The molecule has 0 atom stereocenters. The van der Waals surface area contributed by atoms with Crippen LogP contribution in [0.2, 0.25) is 0 Å². The molecule has 0 fully saturated rings. The van der Waals surface area contributed by atoms with Gasteiger partial charge in [-0.1, -0.05) is 12.1 Å². The van der Waals surface area contributed by atoms with Gasteiger partial charge in [-0.05, 0) is 12.1 Å². The van der Waals surface area contributed by atoms with Crippen LogP contribution in [0.15, 0.2) is 24.3 Å². The summed E-state index contributed by atoms with van der Waals surface area (Å²) in [6.07, 6.45) is 0.511. The van der Waals surface area contributed by atoms with Crippen molar-refractivity contribution in [1.82, 2.24) is 0 Å². The van der Waals surface area contributed by atoms with Crippen LogP contribution in [0.4, 0.5) is 0 Å². The number of Topliss-reactive ketones (excluding diaryl/α,β-unsaturated/α-hetero) is 1. The number of hydrogen-bond donors (Lipinski definition) is 0. The zero-order chi connectivity index (χ0) is 7.68. The SMILES string of the molecule is O=C1CCOc2ccccc21.S.[Ce]. The Morgan fingerprint density at radius 2 is 1.92 bits per heavy atom. The van der Waals surface area contributed by atoms with E-state index in [2.05, 4.69) is 0 Å². The number of benzene rings is 1. The van der Waals surface area contributed by atoms with E-state index in [1.54, 1.807) is 6.07 Å². The van der Waals surface area contributed by atoms with Gasteiger partial charge in [0.2, 0.25) is 0 Å². The van der Waals surface area contributed by atoms with Gasteiger partial charge in [0.05, 0.1) is 12.2 Å². The molecule has 0 N–H and O–H groups in total. The number of fused-ring (bicyclic) bond motifs is 1. The molecule has 0 spiro atoms. The van der Waals surface area contributed by atoms with Crippen molar-refractivity contribution in [3.63, 3.8) is 0 Å². The third-order valence-electron chi connectivity index (χ3n) is 1.77. The molecule has 0 saturated carbocycles. The van der Waals surface area contributed by atoms with Crippen molar-refractivity contribution in [1.29, 1.82) is 0 Å². The summed E-state index contributed by atoms with van der Waals surface area (Å²) in [5.41, 5.74) is 0.721. The average molecular weight is 322 g/mol. The molecule has 2 nitrogen and oxygen atoms in total. The topological polar surface area (TPSA) is 26.3 Å².